The van der Waals surface area contributed by atoms with Crippen molar-refractivity contribution in [3.63, 3.8) is 0 Å². The minimum atomic E-state index is 0.369. The summed E-state index contributed by atoms with van der Waals surface area (Å²) in [4.78, 5) is 12.2. The zero-order valence-corrected chi connectivity index (χ0v) is 8.31. The van der Waals surface area contributed by atoms with Crippen LogP contribution in [0.3, 0.4) is 0 Å². The molecule has 14 heavy (non-hydrogen) atoms. The van der Waals surface area contributed by atoms with Crippen LogP contribution in [0.1, 0.15) is 26.3 Å². The fraction of sp³-hybridized carbons (Fsp3) is 0.444. The SMILES string of the molecule is CCC(C)n1cnc2ncnc(N)c21. The van der Waals surface area contributed by atoms with Crippen molar-refractivity contribution in [2.24, 2.45) is 0 Å². The number of hydrogen-bond acceptors (Lipinski definition) is 4. The fourth-order valence-corrected chi connectivity index (χ4v) is 1.43. The largest absolute Gasteiger partial charge is 0.382 e. The molecule has 74 valence electrons. The van der Waals surface area contributed by atoms with Crippen molar-refractivity contribution in [3.05, 3.63) is 12.7 Å². The van der Waals surface area contributed by atoms with Crippen LogP contribution in [0.5, 0.6) is 0 Å². The maximum absolute atomic E-state index is 5.78. The molecular formula is C9H13N5. The highest BCUT2D eigenvalue weighted by molar-refractivity contribution is 5.81. The highest BCUT2D eigenvalue weighted by atomic mass is 15.1. The summed E-state index contributed by atoms with van der Waals surface area (Å²) in [5.74, 6) is 0.493. The average molecular weight is 191 g/mol. The molecule has 2 N–H and O–H groups in total. The van der Waals surface area contributed by atoms with E-state index in [1.807, 2.05) is 4.57 Å². The minimum Gasteiger partial charge on any atom is -0.382 e. The highest BCUT2D eigenvalue weighted by Crippen LogP contribution is 2.21. The summed E-state index contributed by atoms with van der Waals surface area (Å²) in [5, 5.41) is 0. The molecule has 5 heteroatoms. The third-order valence-corrected chi connectivity index (χ3v) is 2.46. The van der Waals surface area contributed by atoms with Gasteiger partial charge in [0.2, 0.25) is 0 Å². The van der Waals surface area contributed by atoms with Gasteiger partial charge >= 0.3 is 0 Å². The molecule has 0 spiro atoms. The van der Waals surface area contributed by atoms with Crippen LogP contribution < -0.4 is 5.73 Å². The Bertz CT molecular complexity index is 447. The summed E-state index contributed by atoms with van der Waals surface area (Å²) in [7, 11) is 0. The Morgan fingerprint density at radius 3 is 2.93 bits per heavy atom. The molecule has 2 aromatic heterocycles. The summed E-state index contributed by atoms with van der Waals surface area (Å²) >= 11 is 0. The van der Waals surface area contributed by atoms with Crippen LogP contribution >= 0.6 is 0 Å². The van der Waals surface area contributed by atoms with Gasteiger partial charge in [-0.15, -0.1) is 0 Å². The van der Waals surface area contributed by atoms with Gasteiger partial charge in [-0.25, -0.2) is 15.0 Å². The van der Waals surface area contributed by atoms with E-state index in [2.05, 4.69) is 28.8 Å². The Hall–Kier alpha value is -1.65. The van der Waals surface area contributed by atoms with Crippen molar-refractivity contribution in [2.75, 3.05) is 5.73 Å². The molecular weight excluding hydrogens is 178 g/mol. The normalized spacial score (nSPS) is 13.3. The third kappa shape index (κ3) is 1.21. The van der Waals surface area contributed by atoms with Crippen LogP contribution in [0.25, 0.3) is 11.2 Å². The quantitative estimate of drug-likeness (QED) is 0.778. The summed E-state index contributed by atoms with van der Waals surface area (Å²) < 4.78 is 2.02. The van der Waals surface area contributed by atoms with E-state index in [9.17, 15) is 0 Å². The first-order chi connectivity index (χ1) is 6.74. The van der Waals surface area contributed by atoms with Crippen molar-refractivity contribution in [3.8, 4) is 0 Å². The summed E-state index contributed by atoms with van der Waals surface area (Å²) in [5.41, 5.74) is 7.28. The van der Waals surface area contributed by atoms with E-state index < -0.39 is 0 Å². The first-order valence-electron chi connectivity index (χ1n) is 4.67. The molecule has 1 atom stereocenters. The summed E-state index contributed by atoms with van der Waals surface area (Å²) in [6.07, 6.45) is 4.23. The molecule has 0 amide bonds. The maximum atomic E-state index is 5.78. The lowest BCUT2D eigenvalue weighted by molar-refractivity contribution is 0.544. The van der Waals surface area contributed by atoms with Crippen molar-refractivity contribution in [1.29, 1.82) is 0 Å². The van der Waals surface area contributed by atoms with Gasteiger partial charge in [0.1, 0.15) is 11.8 Å². The van der Waals surface area contributed by atoms with Crippen LogP contribution in [0.2, 0.25) is 0 Å². The van der Waals surface area contributed by atoms with E-state index in [-0.39, 0.29) is 0 Å². The van der Waals surface area contributed by atoms with Crippen LogP contribution in [0.4, 0.5) is 5.82 Å². The van der Waals surface area contributed by atoms with Crippen LogP contribution in [0, 0.1) is 0 Å². The lowest BCUT2D eigenvalue weighted by Crippen LogP contribution is -2.04. The molecule has 2 heterocycles. The molecule has 0 aliphatic rings. The van der Waals surface area contributed by atoms with Crippen LogP contribution in [0.15, 0.2) is 12.7 Å². The van der Waals surface area contributed by atoms with Gasteiger partial charge in [-0.05, 0) is 13.3 Å². The molecule has 0 aromatic carbocycles. The lowest BCUT2D eigenvalue weighted by Gasteiger charge is -2.11. The lowest BCUT2D eigenvalue weighted by atomic mass is 10.2. The standard InChI is InChI=1S/C9H13N5/c1-3-6(2)14-5-13-9-7(14)8(10)11-4-12-9/h4-6H,3H2,1-2H3,(H2,10,11,12). The zero-order chi connectivity index (χ0) is 10.1. The number of nitrogens with zero attached hydrogens (tertiary/aromatic N) is 4. The second-order valence-electron chi connectivity index (χ2n) is 3.34. The molecule has 0 saturated heterocycles. The number of nitrogen functional groups attached to an aromatic ring is 1. The van der Waals surface area contributed by atoms with Gasteiger partial charge in [0.05, 0.1) is 6.33 Å². The van der Waals surface area contributed by atoms with Crippen LogP contribution in [-0.4, -0.2) is 19.5 Å². The maximum Gasteiger partial charge on any atom is 0.182 e. The molecule has 2 rings (SSSR count). The van der Waals surface area contributed by atoms with Gasteiger partial charge in [-0.1, -0.05) is 6.92 Å². The minimum absolute atomic E-state index is 0.369. The molecule has 2 aromatic rings. The van der Waals surface area contributed by atoms with Crippen molar-refractivity contribution in [2.45, 2.75) is 26.3 Å². The van der Waals surface area contributed by atoms with E-state index in [4.69, 9.17) is 5.73 Å². The first kappa shape index (κ1) is 8.93. The van der Waals surface area contributed by atoms with Gasteiger partial charge < -0.3 is 10.3 Å². The number of anilines is 1. The van der Waals surface area contributed by atoms with E-state index >= 15 is 0 Å². The zero-order valence-electron chi connectivity index (χ0n) is 8.31. The molecule has 0 aliphatic heterocycles. The van der Waals surface area contributed by atoms with Crippen molar-refractivity contribution < 1.29 is 0 Å². The Labute approximate surface area is 82.0 Å². The van der Waals surface area contributed by atoms with E-state index in [1.54, 1.807) is 6.33 Å². The number of imidazole rings is 1. The number of nitrogens with two attached hydrogens (primary N) is 1. The van der Waals surface area contributed by atoms with E-state index in [0.29, 0.717) is 17.5 Å². The molecule has 1 unspecified atom stereocenters. The predicted octanol–water partition coefficient (Wildman–Crippen LogP) is 1.38. The first-order valence-corrected chi connectivity index (χ1v) is 4.67. The fourth-order valence-electron chi connectivity index (χ4n) is 1.43. The van der Waals surface area contributed by atoms with Gasteiger partial charge in [0, 0.05) is 6.04 Å². The molecule has 5 nitrogen and oxygen atoms in total. The Morgan fingerprint density at radius 1 is 1.43 bits per heavy atom. The molecule has 0 bridgehead atoms. The topological polar surface area (TPSA) is 69.6 Å². The molecule has 0 aliphatic carbocycles. The molecule has 0 radical (unpaired) electrons. The number of fused-ring (bicyclic) bond motifs is 1. The molecule has 0 saturated carbocycles. The van der Waals surface area contributed by atoms with Gasteiger partial charge in [0.15, 0.2) is 11.5 Å². The second kappa shape index (κ2) is 3.25. The van der Waals surface area contributed by atoms with Gasteiger partial charge in [-0.3, -0.25) is 0 Å². The van der Waals surface area contributed by atoms with Crippen molar-refractivity contribution in [1.82, 2.24) is 19.5 Å². The van der Waals surface area contributed by atoms with Gasteiger partial charge in [-0.2, -0.15) is 0 Å². The Balaban J connectivity index is 2.67. The Morgan fingerprint density at radius 2 is 2.21 bits per heavy atom. The van der Waals surface area contributed by atoms with Gasteiger partial charge in [0.25, 0.3) is 0 Å². The number of hydrogen-bond donors (Lipinski definition) is 1. The Kier molecular flexibility index (Phi) is 2.07. The predicted molar refractivity (Wildman–Crippen MR) is 54.7 cm³/mol. The van der Waals surface area contributed by atoms with Crippen LogP contribution in [-0.2, 0) is 0 Å². The summed E-state index contributed by atoms with van der Waals surface area (Å²) in [6.45, 7) is 4.24. The van der Waals surface area contributed by atoms with Crippen molar-refractivity contribution >= 4 is 17.0 Å². The third-order valence-electron chi connectivity index (χ3n) is 2.46. The smallest absolute Gasteiger partial charge is 0.182 e. The number of rotatable bonds is 2. The average Bonchev–Trinajstić information content (AvgIpc) is 2.62. The number of aromatic nitrogens is 4. The second-order valence-corrected chi connectivity index (χ2v) is 3.34. The molecule has 0 fully saturated rings. The monoisotopic (exact) mass is 191 g/mol. The van der Waals surface area contributed by atoms with E-state index in [1.165, 1.54) is 6.33 Å². The van der Waals surface area contributed by atoms with E-state index in [0.717, 1.165) is 11.9 Å². The summed E-state index contributed by atoms with van der Waals surface area (Å²) in [6, 6.07) is 0.369. The highest BCUT2D eigenvalue weighted by Gasteiger charge is 2.11.